The molecule has 0 atom stereocenters. The van der Waals surface area contributed by atoms with Crippen LogP contribution in [0.25, 0.3) is 11.4 Å². The summed E-state index contributed by atoms with van der Waals surface area (Å²) in [6, 6.07) is 12.4. The fourth-order valence-corrected chi connectivity index (χ4v) is 1.92. The summed E-state index contributed by atoms with van der Waals surface area (Å²) < 4.78 is 17.8. The number of rotatable bonds is 3. The van der Waals surface area contributed by atoms with Crippen LogP contribution in [-0.4, -0.2) is 16.0 Å². The van der Waals surface area contributed by atoms with Gasteiger partial charge in [0.2, 0.25) is 11.7 Å². The summed E-state index contributed by atoms with van der Waals surface area (Å²) in [5.41, 5.74) is 1.80. The number of benzene rings is 2. The smallest absolute Gasteiger partial charge is 0.255 e. The first-order valence-corrected chi connectivity index (χ1v) is 6.59. The maximum atomic E-state index is 12.8. The first kappa shape index (κ1) is 13.9. The maximum Gasteiger partial charge on any atom is 0.255 e. The van der Waals surface area contributed by atoms with Crippen molar-refractivity contribution in [2.24, 2.45) is 0 Å². The lowest BCUT2D eigenvalue weighted by Gasteiger charge is -2.05. The summed E-state index contributed by atoms with van der Waals surface area (Å²) in [5.74, 6) is 0.303. The second-order valence-corrected chi connectivity index (χ2v) is 4.68. The topological polar surface area (TPSA) is 68.0 Å². The highest BCUT2D eigenvalue weighted by atomic mass is 19.1. The minimum absolute atomic E-state index is 0.303. The van der Waals surface area contributed by atoms with Gasteiger partial charge < -0.3 is 9.84 Å². The average Bonchev–Trinajstić information content (AvgIpc) is 2.95. The molecule has 0 aliphatic heterocycles. The second-order valence-electron chi connectivity index (χ2n) is 4.68. The first-order valence-electron chi connectivity index (χ1n) is 6.59. The number of aromatic nitrogens is 2. The summed E-state index contributed by atoms with van der Waals surface area (Å²) >= 11 is 0. The highest BCUT2D eigenvalue weighted by Crippen LogP contribution is 2.19. The molecule has 5 nitrogen and oxygen atoms in total. The van der Waals surface area contributed by atoms with Gasteiger partial charge in [0.05, 0.1) is 0 Å². The summed E-state index contributed by atoms with van der Waals surface area (Å²) in [7, 11) is 0. The molecule has 0 unspecified atom stereocenters. The Bertz CT molecular complexity index is 795. The number of hydrogen-bond acceptors (Lipinski definition) is 4. The SMILES string of the molecule is Cc1nc(-c2ccc(NC(=O)c3ccc(F)cc3)cc2)no1. The molecule has 6 heteroatoms. The Morgan fingerprint density at radius 2 is 1.77 bits per heavy atom. The lowest BCUT2D eigenvalue weighted by molar-refractivity contribution is 0.102. The van der Waals surface area contributed by atoms with E-state index in [2.05, 4.69) is 15.5 Å². The van der Waals surface area contributed by atoms with Crippen LogP contribution < -0.4 is 5.32 Å². The van der Waals surface area contributed by atoms with Crippen LogP contribution in [0.15, 0.2) is 53.1 Å². The molecule has 0 saturated carbocycles. The van der Waals surface area contributed by atoms with E-state index < -0.39 is 0 Å². The van der Waals surface area contributed by atoms with E-state index in [-0.39, 0.29) is 11.7 Å². The van der Waals surface area contributed by atoms with Crippen molar-refractivity contribution < 1.29 is 13.7 Å². The Hall–Kier alpha value is -3.02. The van der Waals surface area contributed by atoms with Gasteiger partial charge in [0.15, 0.2) is 0 Å². The number of carbonyl (C=O) groups is 1. The second kappa shape index (κ2) is 5.77. The van der Waals surface area contributed by atoms with Crippen LogP contribution >= 0.6 is 0 Å². The zero-order valence-corrected chi connectivity index (χ0v) is 11.7. The van der Waals surface area contributed by atoms with Gasteiger partial charge in [-0.25, -0.2) is 4.39 Å². The van der Waals surface area contributed by atoms with Crippen LogP contribution in [0.4, 0.5) is 10.1 Å². The Kier molecular flexibility index (Phi) is 3.65. The molecule has 1 amide bonds. The third kappa shape index (κ3) is 3.01. The van der Waals surface area contributed by atoms with Crippen LogP contribution in [0.2, 0.25) is 0 Å². The van der Waals surface area contributed by atoms with Crippen molar-refractivity contribution in [3.8, 4) is 11.4 Å². The lowest BCUT2D eigenvalue weighted by atomic mass is 10.1. The molecule has 0 radical (unpaired) electrons. The number of halogens is 1. The highest BCUT2D eigenvalue weighted by molar-refractivity contribution is 6.04. The molecule has 0 spiro atoms. The van der Waals surface area contributed by atoms with Crippen LogP contribution in [0, 0.1) is 12.7 Å². The Morgan fingerprint density at radius 1 is 1.09 bits per heavy atom. The molecule has 1 N–H and O–H groups in total. The fourth-order valence-electron chi connectivity index (χ4n) is 1.92. The highest BCUT2D eigenvalue weighted by Gasteiger charge is 2.08. The number of carbonyl (C=O) groups excluding carboxylic acids is 1. The predicted molar refractivity (Wildman–Crippen MR) is 78.8 cm³/mol. The largest absolute Gasteiger partial charge is 0.339 e. The van der Waals surface area contributed by atoms with Gasteiger partial charge in [-0.1, -0.05) is 5.16 Å². The van der Waals surface area contributed by atoms with Crippen molar-refractivity contribution in [2.45, 2.75) is 6.92 Å². The minimum atomic E-state index is -0.378. The normalized spacial score (nSPS) is 10.5. The van der Waals surface area contributed by atoms with Gasteiger partial charge in [-0.2, -0.15) is 4.98 Å². The number of amides is 1. The fraction of sp³-hybridized carbons (Fsp3) is 0.0625. The lowest BCUT2D eigenvalue weighted by Crippen LogP contribution is -2.11. The molecule has 3 aromatic rings. The van der Waals surface area contributed by atoms with Gasteiger partial charge >= 0.3 is 0 Å². The van der Waals surface area contributed by atoms with E-state index in [1.807, 2.05) is 0 Å². The van der Waals surface area contributed by atoms with Crippen molar-refractivity contribution in [2.75, 3.05) is 5.32 Å². The Morgan fingerprint density at radius 3 is 2.36 bits per heavy atom. The molecular formula is C16H12FN3O2. The Labute approximate surface area is 125 Å². The molecule has 1 aromatic heterocycles. The number of aryl methyl sites for hydroxylation is 1. The van der Waals surface area contributed by atoms with Crippen LogP contribution in [0.3, 0.4) is 0 Å². The molecule has 0 bridgehead atoms. The third-order valence-electron chi connectivity index (χ3n) is 3.03. The molecular weight excluding hydrogens is 285 g/mol. The maximum absolute atomic E-state index is 12.8. The standard InChI is InChI=1S/C16H12FN3O2/c1-10-18-15(20-22-10)11-4-8-14(9-5-11)19-16(21)12-2-6-13(17)7-3-12/h2-9H,1H3,(H,19,21). The van der Waals surface area contributed by atoms with Gasteiger partial charge in [-0.3, -0.25) is 4.79 Å². The van der Waals surface area contributed by atoms with E-state index in [1.54, 1.807) is 31.2 Å². The quantitative estimate of drug-likeness (QED) is 0.804. The van der Waals surface area contributed by atoms with Gasteiger partial charge in [0.1, 0.15) is 5.82 Å². The molecule has 1 heterocycles. The molecule has 110 valence electrons. The molecule has 0 aliphatic carbocycles. The van der Waals surface area contributed by atoms with Crippen LogP contribution in [0.1, 0.15) is 16.2 Å². The monoisotopic (exact) mass is 297 g/mol. The molecule has 3 rings (SSSR count). The zero-order chi connectivity index (χ0) is 15.5. The van der Waals surface area contributed by atoms with E-state index >= 15 is 0 Å². The van der Waals surface area contributed by atoms with Crippen molar-refractivity contribution in [3.63, 3.8) is 0 Å². The van der Waals surface area contributed by atoms with E-state index in [0.717, 1.165) is 5.56 Å². The number of nitrogens with one attached hydrogen (secondary N) is 1. The minimum Gasteiger partial charge on any atom is -0.339 e. The van der Waals surface area contributed by atoms with Crippen LogP contribution in [0.5, 0.6) is 0 Å². The summed E-state index contributed by atoms with van der Waals surface area (Å²) in [5, 5.41) is 6.56. The third-order valence-corrected chi connectivity index (χ3v) is 3.03. The van der Waals surface area contributed by atoms with E-state index in [4.69, 9.17) is 4.52 Å². The zero-order valence-electron chi connectivity index (χ0n) is 11.7. The van der Waals surface area contributed by atoms with Gasteiger partial charge in [0, 0.05) is 23.7 Å². The van der Waals surface area contributed by atoms with E-state index in [1.165, 1.54) is 24.3 Å². The number of anilines is 1. The van der Waals surface area contributed by atoms with E-state index in [0.29, 0.717) is 23.0 Å². The van der Waals surface area contributed by atoms with E-state index in [9.17, 15) is 9.18 Å². The van der Waals surface area contributed by atoms with Gasteiger partial charge in [0.25, 0.3) is 5.91 Å². The molecule has 0 aliphatic rings. The number of hydrogen-bond donors (Lipinski definition) is 1. The van der Waals surface area contributed by atoms with Gasteiger partial charge in [-0.15, -0.1) is 0 Å². The van der Waals surface area contributed by atoms with Gasteiger partial charge in [-0.05, 0) is 48.5 Å². The Balaban J connectivity index is 1.73. The van der Waals surface area contributed by atoms with Crippen molar-refractivity contribution in [1.29, 1.82) is 0 Å². The van der Waals surface area contributed by atoms with Crippen molar-refractivity contribution in [3.05, 3.63) is 65.8 Å². The van der Waals surface area contributed by atoms with Crippen LogP contribution in [-0.2, 0) is 0 Å². The van der Waals surface area contributed by atoms with Crippen molar-refractivity contribution >= 4 is 11.6 Å². The molecule has 0 saturated heterocycles. The molecule has 22 heavy (non-hydrogen) atoms. The first-order chi connectivity index (χ1) is 10.6. The predicted octanol–water partition coefficient (Wildman–Crippen LogP) is 3.44. The number of nitrogens with zero attached hydrogens (tertiary/aromatic N) is 2. The molecule has 0 fully saturated rings. The summed E-state index contributed by atoms with van der Waals surface area (Å²) in [6.07, 6.45) is 0. The summed E-state index contributed by atoms with van der Waals surface area (Å²) in [4.78, 5) is 16.1. The summed E-state index contributed by atoms with van der Waals surface area (Å²) in [6.45, 7) is 1.72. The van der Waals surface area contributed by atoms with Crippen molar-refractivity contribution in [1.82, 2.24) is 10.1 Å². The molecule has 2 aromatic carbocycles. The average molecular weight is 297 g/mol.